The summed E-state index contributed by atoms with van der Waals surface area (Å²) in [4.78, 5) is 32.6. The van der Waals surface area contributed by atoms with Gasteiger partial charge >= 0.3 is 12.2 Å². The van der Waals surface area contributed by atoms with Gasteiger partial charge < -0.3 is 15.1 Å². The van der Waals surface area contributed by atoms with Crippen molar-refractivity contribution < 1.29 is 22.8 Å². The molecule has 33 heavy (non-hydrogen) atoms. The van der Waals surface area contributed by atoms with Crippen LogP contribution in [0.25, 0.3) is 0 Å². The van der Waals surface area contributed by atoms with Crippen LogP contribution in [-0.4, -0.2) is 54.0 Å². The van der Waals surface area contributed by atoms with Gasteiger partial charge in [0.2, 0.25) is 5.91 Å². The van der Waals surface area contributed by atoms with Gasteiger partial charge in [0.25, 0.3) is 0 Å². The van der Waals surface area contributed by atoms with E-state index in [2.05, 4.69) is 15.6 Å². The molecule has 2 N–H and O–H groups in total. The van der Waals surface area contributed by atoms with Gasteiger partial charge in [-0.3, -0.25) is 10.1 Å². The van der Waals surface area contributed by atoms with Crippen LogP contribution in [-0.2, 0) is 17.4 Å². The fourth-order valence-electron chi connectivity index (χ4n) is 4.19. The van der Waals surface area contributed by atoms with Crippen LogP contribution in [0.3, 0.4) is 0 Å². The number of nitrogens with one attached hydrogen (secondary N) is 2. The van der Waals surface area contributed by atoms with E-state index >= 15 is 0 Å². The molecule has 1 aromatic carbocycles. The first-order valence-corrected chi connectivity index (χ1v) is 11.9. The molecule has 1 aromatic heterocycles. The summed E-state index contributed by atoms with van der Waals surface area (Å²) in [5.41, 5.74) is 0.410. The van der Waals surface area contributed by atoms with E-state index in [4.69, 9.17) is 0 Å². The van der Waals surface area contributed by atoms with Crippen LogP contribution >= 0.6 is 11.3 Å². The smallest absolute Gasteiger partial charge is 0.368 e. The standard InChI is InChI=1S/C22H26F3N5O2S/c23-22(24,25)15-4-3-7-18(12-15)29-8-10-30(11-9-29)19(31)13-17-14-33-21(27-17)28-20(32)26-16-5-1-2-6-16/h3-4,7,12,14,16H,1-2,5-6,8-11,13H2,(H2,26,27,28,32). The number of piperazine rings is 1. The Morgan fingerprint density at radius 3 is 2.55 bits per heavy atom. The SMILES string of the molecule is O=C(Nc1nc(CC(=O)N2CCN(c3cccc(C(F)(F)F)c3)CC2)cs1)NC1CCCC1. The maximum atomic E-state index is 13.0. The van der Waals surface area contributed by atoms with Crippen molar-refractivity contribution in [2.75, 3.05) is 36.4 Å². The molecule has 0 bridgehead atoms. The van der Waals surface area contributed by atoms with Crippen molar-refractivity contribution in [3.05, 3.63) is 40.9 Å². The number of rotatable bonds is 5. The van der Waals surface area contributed by atoms with Crippen LogP contribution < -0.4 is 15.5 Å². The molecule has 1 aliphatic heterocycles. The van der Waals surface area contributed by atoms with E-state index in [1.807, 2.05) is 4.90 Å². The molecular weight excluding hydrogens is 455 g/mol. The average molecular weight is 482 g/mol. The van der Waals surface area contributed by atoms with Gasteiger partial charge in [0, 0.05) is 43.3 Å². The van der Waals surface area contributed by atoms with Crippen LogP contribution in [0.1, 0.15) is 36.9 Å². The maximum Gasteiger partial charge on any atom is 0.416 e. The van der Waals surface area contributed by atoms with Crippen LogP contribution in [0.5, 0.6) is 0 Å². The van der Waals surface area contributed by atoms with Gasteiger partial charge in [-0.1, -0.05) is 18.9 Å². The Balaban J connectivity index is 1.25. The van der Waals surface area contributed by atoms with Crippen molar-refractivity contribution in [2.24, 2.45) is 0 Å². The first kappa shape index (κ1) is 23.3. The molecule has 0 unspecified atom stereocenters. The normalized spacial score (nSPS) is 17.3. The van der Waals surface area contributed by atoms with E-state index in [0.717, 1.165) is 37.8 Å². The minimum Gasteiger partial charge on any atom is -0.368 e. The second-order valence-electron chi connectivity index (χ2n) is 8.32. The largest absolute Gasteiger partial charge is 0.416 e. The zero-order chi connectivity index (χ0) is 23.4. The number of carbonyl (C=O) groups excluding carboxylic acids is 2. The van der Waals surface area contributed by atoms with Gasteiger partial charge in [0.1, 0.15) is 0 Å². The lowest BCUT2D eigenvalue weighted by Gasteiger charge is -2.36. The Labute approximate surface area is 194 Å². The fourth-order valence-corrected chi connectivity index (χ4v) is 4.90. The van der Waals surface area contributed by atoms with Crippen LogP contribution in [0.4, 0.5) is 28.8 Å². The van der Waals surface area contributed by atoms with Crippen LogP contribution in [0.2, 0.25) is 0 Å². The molecule has 2 aliphatic rings. The topological polar surface area (TPSA) is 77.6 Å². The number of benzene rings is 1. The molecule has 7 nitrogen and oxygen atoms in total. The molecule has 1 aliphatic carbocycles. The first-order chi connectivity index (χ1) is 15.8. The van der Waals surface area contributed by atoms with Gasteiger partial charge in [-0.15, -0.1) is 11.3 Å². The summed E-state index contributed by atoms with van der Waals surface area (Å²) in [7, 11) is 0. The Morgan fingerprint density at radius 1 is 1.12 bits per heavy atom. The molecule has 1 saturated carbocycles. The van der Waals surface area contributed by atoms with Crippen molar-refractivity contribution in [3.63, 3.8) is 0 Å². The highest BCUT2D eigenvalue weighted by Gasteiger charge is 2.31. The maximum absolute atomic E-state index is 13.0. The number of carbonyl (C=O) groups is 2. The average Bonchev–Trinajstić information content (AvgIpc) is 3.45. The van der Waals surface area contributed by atoms with Gasteiger partial charge in [0.15, 0.2) is 5.13 Å². The summed E-state index contributed by atoms with van der Waals surface area (Å²) in [6, 6.07) is 5.18. The summed E-state index contributed by atoms with van der Waals surface area (Å²) in [5, 5.41) is 7.86. The number of hydrogen-bond acceptors (Lipinski definition) is 5. The molecular formula is C22H26F3N5O2S. The van der Waals surface area contributed by atoms with E-state index in [-0.39, 0.29) is 24.4 Å². The highest BCUT2D eigenvalue weighted by Crippen LogP contribution is 2.32. The zero-order valence-electron chi connectivity index (χ0n) is 18.0. The van der Waals surface area contributed by atoms with Crippen LogP contribution in [0.15, 0.2) is 29.6 Å². The van der Waals surface area contributed by atoms with E-state index < -0.39 is 11.7 Å². The van der Waals surface area contributed by atoms with Gasteiger partial charge in [-0.2, -0.15) is 13.2 Å². The molecule has 178 valence electrons. The minimum absolute atomic E-state index is 0.0917. The Hall–Kier alpha value is -2.82. The van der Waals surface area contributed by atoms with Crippen LogP contribution in [0, 0.1) is 0 Å². The number of halogens is 3. The summed E-state index contributed by atoms with van der Waals surface area (Å²) < 4.78 is 38.9. The van der Waals surface area contributed by atoms with Crippen molar-refractivity contribution in [1.82, 2.24) is 15.2 Å². The second-order valence-corrected chi connectivity index (χ2v) is 9.17. The van der Waals surface area contributed by atoms with Gasteiger partial charge in [-0.25, -0.2) is 9.78 Å². The quantitative estimate of drug-likeness (QED) is 0.674. The number of alkyl halides is 3. The fraction of sp³-hybridized carbons (Fsp3) is 0.500. The third kappa shape index (κ3) is 6.16. The van der Waals surface area contributed by atoms with Gasteiger partial charge in [-0.05, 0) is 31.0 Å². The van der Waals surface area contributed by atoms with E-state index in [9.17, 15) is 22.8 Å². The highest BCUT2D eigenvalue weighted by molar-refractivity contribution is 7.13. The molecule has 3 amide bonds. The first-order valence-electron chi connectivity index (χ1n) is 11.0. The molecule has 0 spiro atoms. The number of thiazole rings is 1. The lowest BCUT2D eigenvalue weighted by Crippen LogP contribution is -2.49. The van der Waals surface area contributed by atoms with E-state index in [1.165, 1.54) is 17.4 Å². The summed E-state index contributed by atoms with van der Waals surface area (Å²) in [6.45, 7) is 1.76. The van der Waals surface area contributed by atoms with E-state index in [1.54, 1.807) is 16.3 Å². The zero-order valence-corrected chi connectivity index (χ0v) is 18.8. The predicted octanol–water partition coefficient (Wildman–Crippen LogP) is 4.12. The predicted molar refractivity (Wildman–Crippen MR) is 120 cm³/mol. The summed E-state index contributed by atoms with van der Waals surface area (Å²) >= 11 is 1.27. The lowest BCUT2D eigenvalue weighted by molar-refractivity contribution is -0.137. The monoisotopic (exact) mass is 481 g/mol. The number of urea groups is 1. The molecule has 1 saturated heterocycles. The summed E-state index contributed by atoms with van der Waals surface area (Å²) in [5.74, 6) is -0.0917. The van der Waals surface area contributed by atoms with Crippen molar-refractivity contribution in [3.8, 4) is 0 Å². The number of hydrogen-bond donors (Lipinski definition) is 2. The molecule has 4 rings (SSSR count). The number of nitrogens with zero attached hydrogens (tertiary/aromatic N) is 3. The Kier molecular flexibility index (Phi) is 7.06. The van der Waals surface area contributed by atoms with Crippen molar-refractivity contribution in [1.29, 1.82) is 0 Å². The molecule has 0 radical (unpaired) electrons. The second kappa shape index (κ2) is 9.98. The molecule has 11 heteroatoms. The van der Waals surface area contributed by atoms with Crippen molar-refractivity contribution >= 4 is 34.1 Å². The number of anilines is 2. The minimum atomic E-state index is -4.38. The Morgan fingerprint density at radius 2 is 1.85 bits per heavy atom. The third-order valence-corrected chi connectivity index (χ3v) is 6.77. The number of amides is 3. The number of aromatic nitrogens is 1. The van der Waals surface area contributed by atoms with E-state index in [0.29, 0.717) is 42.7 Å². The van der Waals surface area contributed by atoms with Gasteiger partial charge in [0.05, 0.1) is 17.7 Å². The molecule has 2 fully saturated rings. The lowest BCUT2D eigenvalue weighted by atomic mass is 10.1. The molecule has 0 atom stereocenters. The Bertz CT molecular complexity index is 982. The highest BCUT2D eigenvalue weighted by atomic mass is 32.1. The van der Waals surface area contributed by atoms with Crippen molar-refractivity contribution in [2.45, 2.75) is 44.3 Å². The molecule has 2 heterocycles. The summed E-state index contributed by atoms with van der Waals surface area (Å²) in [6.07, 6.45) is -0.0261. The molecule has 2 aromatic rings. The third-order valence-electron chi connectivity index (χ3n) is 5.97.